The number of unbranched alkanes of at least 4 members (excludes halogenated alkanes) is 1. The van der Waals surface area contributed by atoms with Crippen LogP contribution in [0.25, 0.3) is 0 Å². The van der Waals surface area contributed by atoms with Crippen LogP contribution in [0.5, 0.6) is 0 Å². The smallest absolute Gasteiger partial charge is 0.389 e. The maximum absolute atomic E-state index is 13.3. The van der Waals surface area contributed by atoms with E-state index in [1.807, 2.05) is 0 Å². The van der Waals surface area contributed by atoms with E-state index in [-0.39, 0.29) is 13.0 Å². The number of carboxylic acids is 1. The highest BCUT2D eigenvalue weighted by Gasteiger charge is 2.25. The summed E-state index contributed by atoms with van der Waals surface area (Å²) in [6.07, 6.45) is -4.72. The Kier molecular flexibility index (Phi) is 5.14. The highest BCUT2D eigenvalue weighted by atomic mass is 19.4. The molecule has 0 saturated carbocycles. The van der Waals surface area contributed by atoms with Crippen molar-refractivity contribution in [2.24, 2.45) is 0 Å². The fourth-order valence-corrected chi connectivity index (χ4v) is 1.48. The Hall–Kier alpha value is -1.79. The molecule has 1 aromatic carbocycles. The topological polar surface area (TPSA) is 49.3 Å². The zero-order valence-corrected chi connectivity index (χ0v) is 9.93. The van der Waals surface area contributed by atoms with Gasteiger partial charge in [0.2, 0.25) is 0 Å². The van der Waals surface area contributed by atoms with Gasteiger partial charge in [-0.3, -0.25) is 0 Å². The number of nitrogens with one attached hydrogen (secondary N) is 1. The van der Waals surface area contributed by atoms with E-state index in [0.29, 0.717) is 12.1 Å². The molecule has 0 bridgehead atoms. The third-order valence-electron chi connectivity index (χ3n) is 2.42. The molecule has 0 aliphatic carbocycles. The van der Waals surface area contributed by atoms with Gasteiger partial charge in [-0.15, -0.1) is 0 Å². The zero-order chi connectivity index (χ0) is 14.5. The minimum Gasteiger partial charge on any atom is -0.478 e. The summed E-state index contributed by atoms with van der Waals surface area (Å²) in [5.41, 5.74) is -0.0999. The van der Waals surface area contributed by atoms with Gasteiger partial charge in [0.05, 0.1) is 5.56 Å². The first-order valence-electron chi connectivity index (χ1n) is 5.63. The van der Waals surface area contributed by atoms with Crippen molar-refractivity contribution in [3.8, 4) is 0 Å². The number of carboxylic acid groups (broad SMARTS) is 1. The predicted octanol–water partition coefficient (Wildman–Crippen LogP) is 3.67. The van der Waals surface area contributed by atoms with E-state index < -0.39 is 29.9 Å². The largest absolute Gasteiger partial charge is 0.478 e. The summed E-state index contributed by atoms with van der Waals surface area (Å²) in [4.78, 5) is 10.6. The second-order valence-electron chi connectivity index (χ2n) is 4.00. The molecule has 0 heterocycles. The van der Waals surface area contributed by atoms with Crippen LogP contribution in [0.3, 0.4) is 0 Å². The van der Waals surface area contributed by atoms with Gasteiger partial charge in [-0.25, -0.2) is 9.18 Å². The molecule has 3 nitrogen and oxygen atoms in total. The van der Waals surface area contributed by atoms with Gasteiger partial charge in [0, 0.05) is 18.7 Å². The van der Waals surface area contributed by atoms with E-state index in [9.17, 15) is 22.4 Å². The second-order valence-corrected chi connectivity index (χ2v) is 4.00. The quantitative estimate of drug-likeness (QED) is 0.617. The normalized spacial score (nSPS) is 11.4. The van der Waals surface area contributed by atoms with E-state index in [4.69, 9.17) is 5.11 Å². The molecule has 0 unspecified atom stereocenters. The van der Waals surface area contributed by atoms with Gasteiger partial charge in [-0.2, -0.15) is 13.2 Å². The molecule has 2 N–H and O–H groups in total. The Morgan fingerprint density at radius 3 is 2.47 bits per heavy atom. The SMILES string of the molecule is O=C(O)c1ccc(NCCCCC(F)(F)F)cc1F. The molecule has 0 radical (unpaired) electrons. The van der Waals surface area contributed by atoms with E-state index in [0.717, 1.165) is 12.1 Å². The van der Waals surface area contributed by atoms with Crippen molar-refractivity contribution in [3.05, 3.63) is 29.6 Å². The van der Waals surface area contributed by atoms with Crippen LogP contribution >= 0.6 is 0 Å². The van der Waals surface area contributed by atoms with Crippen LogP contribution in [-0.4, -0.2) is 23.8 Å². The van der Waals surface area contributed by atoms with Gasteiger partial charge >= 0.3 is 12.1 Å². The van der Waals surface area contributed by atoms with Gasteiger partial charge < -0.3 is 10.4 Å². The average molecular weight is 279 g/mol. The summed E-state index contributed by atoms with van der Waals surface area (Å²) in [5, 5.41) is 11.3. The number of aromatic carboxylic acids is 1. The fourth-order valence-electron chi connectivity index (χ4n) is 1.48. The van der Waals surface area contributed by atoms with Crippen molar-refractivity contribution >= 4 is 11.7 Å². The summed E-state index contributed by atoms with van der Waals surface area (Å²) in [6, 6.07) is 3.49. The Labute approximate surface area is 107 Å². The number of anilines is 1. The lowest BCUT2D eigenvalue weighted by atomic mass is 10.2. The molecule has 0 atom stereocenters. The highest BCUT2D eigenvalue weighted by molar-refractivity contribution is 5.88. The van der Waals surface area contributed by atoms with Crippen molar-refractivity contribution in [1.82, 2.24) is 0 Å². The Balaban J connectivity index is 2.38. The van der Waals surface area contributed by atoms with Gasteiger partial charge in [-0.05, 0) is 31.0 Å². The minimum absolute atomic E-state index is 0.00775. The number of benzene rings is 1. The third kappa shape index (κ3) is 5.58. The first-order valence-corrected chi connectivity index (χ1v) is 5.63. The monoisotopic (exact) mass is 279 g/mol. The first-order chi connectivity index (χ1) is 8.79. The first kappa shape index (κ1) is 15.3. The minimum atomic E-state index is -4.16. The summed E-state index contributed by atoms with van der Waals surface area (Å²) < 4.78 is 48.8. The molecule has 0 amide bonds. The Morgan fingerprint density at radius 1 is 1.26 bits per heavy atom. The lowest BCUT2D eigenvalue weighted by Crippen LogP contribution is -2.09. The molecular formula is C12H13F4NO2. The van der Waals surface area contributed by atoms with Crippen molar-refractivity contribution in [2.75, 3.05) is 11.9 Å². The fraction of sp³-hybridized carbons (Fsp3) is 0.417. The van der Waals surface area contributed by atoms with Gasteiger partial charge in [-0.1, -0.05) is 0 Å². The van der Waals surface area contributed by atoms with Crippen LogP contribution < -0.4 is 5.32 Å². The molecule has 0 saturated heterocycles. The molecule has 0 aliphatic heterocycles. The van der Waals surface area contributed by atoms with E-state index in [2.05, 4.69) is 5.32 Å². The molecule has 0 spiro atoms. The lowest BCUT2D eigenvalue weighted by Gasteiger charge is -2.08. The molecule has 0 fully saturated rings. The summed E-state index contributed by atoms with van der Waals surface area (Å²) in [5.74, 6) is -2.25. The number of halogens is 4. The molecule has 19 heavy (non-hydrogen) atoms. The Bertz CT molecular complexity index is 446. The lowest BCUT2D eigenvalue weighted by molar-refractivity contribution is -0.135. The molecule has 0 aliphatic rings. The maximum Gasteiger partial charge on any atom is 0.389 e. The van der Waals surface area contributed by atoms with Gasteiger partial charge in [0.15, 0.2) is 0 Å². The van der Waals surface area contributed by atoms with Gasteiger partial charge in [0.25, 0.3) is 0 Å². The predicted molar refractivity (Wildman–Crippen MR) is 61.8 cm³/mol. The molecule has 0 aromatic heterocycles. The third-order valence-corrected chi connectivity index (χ3v) is 2.42. The van der Waals surface area contributed by atoms with Crippen LogP contribution in [0.1, 0.15) is 29.6 Å². The molecular weight excluding hydrogens is 266 g/mol. The van der Waals surface area contributed by atoms with Crippen LogP contribution in [0.4, 0.5) is 23.2 Å². The number of rotatable bonds is 6. The molecule has 106 valence electrons. The molecule has 1 aromatic rings. The van der Waals surface area contributed by atoms with Gasteiger partial charge in [0.1, 0.15) is 5.82 Å². The second kappa shape index (κ2) is 6.40. The standard InChI is InChI=1S/C12H13F4NO2/c13-10-7-8(3-4-9(10)11(18)19)17-6-2-1-5-12(14,15)16/h3-4,7,17H,1-2,5-6H2,(H,18,19). The van der Waals surface area contributed by atoms with Crippen molar-refractivity contribution in [3.63, 3.8) is 0 Å². The van der Waals surface area contributed by atoms with E-state index >= 15 is 0 Å². The zero-order valence-electron chi connectivity index (χ0n) is 9.93. The summed E-state index contributed by atoms with van der Waals surface area (Å²) in [7, 11) is 0. The van der Waals surface area contributed by atoms with Crippen LogP contribution in [0.2, 0.25) is 0 Å². The molecule has 7 heteroatoms. The summed E-state index contributed by atoms with van der Waals surface area (Å²) >= 11 is 0. The average Bonchev–Trinajstić information content (AvgIpc) is 2.26. The Morgan fingerprint density at radius 2 is 1.95 bits per heavy atom. The summed E-state index contributed by atoms with van der Waals surface area (Å²) in [6.45, 7) is 0.266. The van der Waals surface area contributed by atoms with Crippen molar-refractivity contribution < 1.29 is 27.5 Å². The van der Waals surface area contributed by atoms with Crippen molar-refractivity contribution in [2.45, 2.75) is 25.4 Å². The highest BCUT2D eigenvalue weighted by Crippen LogP contribution is 2.22. The van der Waals surface area contributed by atoms with Crippen molar-refractivity contribution in [1.29, 1.82) is 0 Å². The maximum atomic E-state index is 13.3. The van der Waals surface area contributed by atoms with Crippen LogP contribution in [0, 0.1) is 5.82 Å². The number of hydrogen-bond donors (Lipinski definition) is 2. The number of hydrogen-bond acceptors (Lipinski definition) is 2. The van der Waals surface area contributed by atoms with Crippen LogP contribution in [-0.2, 0) is 0 Å². The van der Waals surface area contributed by atoms with Crippen LogP contribution in [0.15, 0.2) is 18.2 Å². The molecule has 1 rings (SSSR count). The van der Waals surface area contributed by atoms with E-state index in [1.165, 1.54) is 6.07 Å². The number of alkyl halides is 3. The number of carbonyl (C=O) groups is 1. The van der Waals surface area contributed by atoms with E-state index in [1.54, 1.807) is 0 Å².